The van der Waals surface area contributed by atoms with Gasteiger partial charge in [-0.3, -0.25) is 0 Å². The van der Waals surface area contributed by atoms with E-state index < -0.39 is 0 Å². The van der Waals surface area contributed by atoms with E-state index >= 15 is 0 Å². The molecule has 4 aromatic rings. The molecule has 1 N–H and O–H groups in total. The summed E-state index contributed by atoms with van der Waals surface area (Å²) in [6, 6.07) is 17.8. The number of rotatable bonds is 2. The minimum absolute atomic E-state index is 0.134. The van der Waals surface area contributed by atoms with Gasteiger partial charge in [-0.25, -0.2) is 0 Å². The third kappa shape index (κ3) is 2.76. The molecule has 2 nitrogen and oxygen atoms in total. The summed E-state index contributed by atoms with van der Waals surface area (Å²) >= 11 is 12.5. The standard InChI is InChI=1S/C22H16Cl2O2/c1-12-3-7-14(8-4-12)18-19-17(11-16(23)21(25)20(19)24)26-22(18)15-9-5-13(2)6-10-15/h3-11,25H,1-2H3. The molecule has 0 aliphatic rings. The molecule has 0 bridgehead atoms. The van der Waals surface area contributed by atoms with Gasteiger partial charge in [0.2, 0.25) is 0 Å². The molecule has 4 rings (SSSR count). The fourth-order valence-electron chi connectivity index (χ4n) is 3.08. The predicted octanol–water partition coefficient (Wildman–Crippen LogP) is 7.40. The van der Waals surface area contributed by atoms with E-state index in [-0.39, 0.29) is 15.8 Å². The van der Waals surface area contributed by atoms with Crippen LogP contribution in [0.15, 0.2) is 59.0 Å². The van der Waals surface area contributed by atoms with Crippen LogP contribution < -0.4 is 0 Å². The Bertz CT molecular complexity index is 1110. The van der Waals surface area contributed by atoms with Crippen molar-refractivity contribution in [3.05, 3.63) is 75.8 Å². The highest BCUT2D eigenvalue weighted by molar-refractivity contribution is 6.42. The van der Waals surface area contributed by atoms with Gasteiger partial charge in [0.25, 0.3) is 0 Å². The fourth-order valence-corrected chi connectivity index (χ4v) is 3.61. The first-order chi connectivity index (χ1) is 12.5. The number of benzene rings is 3. The van der Waals surface area contributed by atoms with Crippen molar-refractivity contribution in [2.24, 2.45) is 0 Å². The van der Waals surface area contributed by atoms with Gasteiger partial charge in [0.1, 0.15) is 11.3 Å². The second kappa shape index (κ2) is 6.39. The average molecular weight is 383 g/mol. The Hall–Kier alpha value is -2.42. The molecular weight excluding hydrogens is 367 g/mol. The lowest BCUT2D eigenvalue weighted by atomic mass is 9.97. The van der Waals surface area contributed by atoms with E-state index in [2.05, 4.69) is 0 Å². The summed E-state index contributed by atoms with van der Waals surface area (Å²) in [6.07, 6.45) is 0. The Kier molecular flexibility index (Phi) is 4.18. The van der Waals surface area contributed by atoms with Crippen molar-refractivity contribution in [2.75, 3.05) is 0 Å². The first-order valence-electron chi connectivity index (χ1n) is 8.23. The van der Waals surface area contributed by atoms with E-state index in [0.29, 0.717) is 16.7 Å². The summed E-state index contributed by atoms with van der Waals surface area (Å²) in [5.74, 6) is 0.567. The van der Waals surface area contributed by atoms with Gasteiger partial charge in [-0.05, 0) is 19.4 Å². The molecule has 1 heterocycles. The maximum atomic E-state index is 10.2. The SMILES string of the molecule is Cc1ccc(-c2oc3cc(Cl)c(O)c(Cl)c3c2-c2ccc(C)cc2)cc1. The topological polar surface area (TPSA) is 33.4 Å². The summed E-state index contributed by atoms with van der Waals surface area (Å²) < 4.78 is 6.15. The number of aryl methyl sites for hydroxylation is 2. The average Bonchev–Trinajstić information content (AvgIpc) is 3.00. The number of furan rings is 1. The highest BCUT2D eigenvalue weighted by atomic mass is 35.5. The number of phenolic OH excluding ortho intramolecular Hbond substituents is 1. The zero-order valence-electron chi connectivity index (χ0n) is 14.3. The minimum Gasteiger partial charge on any atom is -0.505 e. The van der Waals surface area contributed by atoms with Crippen LogP contribution in [0.4, 0.5) is 0 Å². The molecule has 0 aliphatic carbocycles. The van der Waals surface area contributed by atoms with Crippen molar-refractivity contribution in [3.8, 4) is 28.2 Å². The Balaban J connectivity index is 2.10. The Morgan fingerprint density at radius 1 is 0.808 bits per heavy atom. The van der Waals surface area contributed by atoms with Gasteiger partial charge >= 0.3 is 0 Å². The lowest BCUT2D eigenvalue weighted by molar-refractivity contribution is 0.476. The quantitative estimate of drug-likeness (QED) is 0.391. The van der Waals surface area contributed by atoms with Crippen molar-refractivity contribution in [3.63, 3.8) is 0 Å². The number of phenols is 1. The molecule has 0 saturated carbocycles. The summed E-state index contributed by atoms with van der Waals surface area (Å²) in [5, 5.41) is 11.3. The number of hydrogen-bond acceptors (Lipinski definition) is 2. The molecule has 0 saturated heterocycles. The fraction of sp³-hybridized carbons (Fsp3) is 0.0909. The molecule has 0 radical (unpaired) electrons. The maximum absolute atomic E-state index is 10.2. The van der Waals surface area contributed by atoms with E-state index in [1.165, 1.54) is 5.56 Å². The molecule has 0 amide bonds. The highest BCUT2D eigenvalue weighted by Crippen LogP contribution is 2.48. The van der Waals surface area contributed by atoms with Gasteiger partial charge in [-0.15, -0.1) is 0 Å². The van der Waals surface area contributed by atoms with Gasteiger partial charge in [0, 0.05) is 17.2 Å². The van der Waals surface area contributed by atoms with Crippen LogP contribution in [0.5, 0.6) is 5.75 Å². The first kappa shape index (κ1) is 17.0. The van der Waals surface area contributed by atoms with Gasteiger partial charge in [-0.1, -0.05) is 82.9 Å². The molecule has 0 atom stereocenters. The minimum atomic E-state index is -0.134. The van der Waals surface area contributed by atoms with Crippen LogP contribution in [0.1, 0.15) is 11.1 Å². The maximum Gasteiger partial charge on any atom is 0.153 e. The van der Waals surface area contributed by atoms with Gasteiger partial charge in [0.05, 0.1) is 15.4 Å². The molecule has 1 aromatic heterocycles. The van der Waals surface area contributed by atoms with E-state index in [1.54, 1.807) is 6.07 Å². The molecular formula is C22H16Cl2O2. The first-order valence-corrected chi connectivity index (χ1v) is 8.99. The van der Waals surface area contributed by atoms with Crippen LogP contribution in [0.25, 0.3) is 33.4 Å². The summed E-state index contributed by atoms with van der Waals surface area (Å²) in [4.78, 5) is 0. The molecule has 3 aromatic carbocycles. The second-order valence-corrected chi connectivity index (χ2v) is 7.22. The molecule has 4 heteroatoms. The summed E-state index contributed by atoms with van der Waals surface area (Å²) in [6.45, 7) is 4.08. The van der Waals surface area contributed by atoms with Crippen molar-refractivity contribution in [1.82, 2.24) is 0 Å². The van der Waals surface area contributed by atoms with Crippen LogP contribution >= 0.6 is 23.2 Å². The normalized spacial score (nSPS) is 11.2. The van der Waals surface area contributed by atoms with Crippen molar-refractivity contribution >= 4 is 34.2 Å². The number of halogens is 2. The van der Waals surface area contributed by atoms with E-state index in [4.69, 9.17) is 27.6 Å². The number of hydrogen-bond donors (Lipinski definition) is 1. The van der Waals surface area contributed by atoms with Gasteiger partial charge < -0.3 is 9.52 Å². The van der Waals surface area contributed by atoms with Crippen molar-refractivity contribution < 1.29 is 9.52 Å². The lowest BCUT2D eigenvalue weighted by Gasteiger charge is -2.07. The number of aromatic hydroxyl groups is 1. The Labute approximate surface area is 161 Å². The summed E-state index contributed by atoms with van der Waals surface area (Å²) in [5.41, 5.74) is 5.63. The smallest absolute Gasteiger partial charge is 0.153 e. The Morgan fingerprint density at radius 3 is 1.92 bits per heavy atom. The molecule has 130 valence electrons. The van der Waals surface area contributed by atoms with E-state index in [0.717, 1.165) is 22.3 Å². The third-order valence-electron chi connectivity index (χ3n) is 4.50. The zero-order valence-corrected chi connectivity index (χ0v) is 15.8. The lowest BCUT2D eigenvalue weighted by Crippen LogP contribution is -1.83. The molecule has 0 aliphatic heterocycles. The molecule has 0 spiro atoms. The largest absolute Gasteiger partial charge is 0.505 e. The van der Waals surface area contributed by atoms with E-state index in [1.807, 2.05) is 62.4 Å². The molecule has 26 heavy (non-hydrogen) atoms. The van der Waals surface area contributed by atoms with Crippen LogP contribution in [0, 0.1) is 13.8 Å². The third-order valence-corrected chi connectivity index (χ3v) is 5.16. The van der Waals surface area contributed by atoms with E-state index in [9.17, 15) is 5.11 Å². The second-order valence-electron chi connectivity index (χ2n) is 6.43. The van der Waals surface area contributed by atoms with Crippen LogP contribution in [-0.4, -0.2) is 5.11 Å². The Morgan fingerprint density at radius 2 is 1.35 bits per heavy atom. The monoisotopic (exact) mass is 382 g/mol. The van der Waals surface area contributed by atoms with Crippen LogP contribution in [0.3, 0.4) is 0 Å². The van der Waals surface area contributed by atoms with Crippen molar-refractivity contribution in [2.45, 2.75) is 13.8 Å². The predicted molar refractivity (Wildman–Crippen MR) is 108 cm³/mol. The molecule has 0 unspecified atom stereocenters. The van der Waals surface area contributed by atoms with Crippen LogP contribution in [-0.2, 0) is 0 Å². The number of fused-ring (bicyclic) bond motifs is 1. The van der Waals surface area contributed by atoms with Crippen molar-refractivity contribution in [1.29, 1.82) is 0 Å². The highest BCUT2D eigenvalue weighted by Gasteiger charge is 2.23. The zero-order chi connectivity index (χ0) is 18.4. The summed E-state index contributed by atoms with van der Waals surface area (Å²) in [7, 11) is 0. The molecule has 0 fully saturated rings. The van der Waals surface area contributed by atoms with Crippen LogP contribution in [0.2, 0.25) is 10.0 Å². The van der Waals surface area contributed by atoms with Gasteiger partial charge in [0.15, 0.2) is 5.75 Å². The van der Waals surface area contributed by atoms with Gasteiger partial charge in [-0.2, -0.15) is 0 Å².